The first-order valence-electron chi connectivity index (χ1n) is 6.50. The number of likely N-dealkylation sites (N-methyl/N-ethyl adjacent to an activating group) is 1. The quantitative estimate of drug-likeness (QED) is 0.655. The number of nitrogens with zero attached hydrogens (tertiary/aromatic N) is 2. The van der Waals surface area contributed by atoms with Crippen LogP contribution >= 0.6 is 0 Å². The smallest absolute Gasteiger partial charge is 0.116 e. The highest BCUT2D eigenvalue weighted by molar-refractivity contribution is 5.05. The van der Waals surface area contributed by atoms with Crippen molar-refractivity contribution in [2.45, 2.75) is 52.5 Å². The molecule has 0 aromatic heterocycles. The van der Waals surface area contributed by atoms with Crippen LogP contribution in [0, 0.1) is 11.3 Å². The summed E-state index contributed by atoms with van der Waals surface area (Å²) in [6.45, 7) is 12.3. The van der Waals surface area contributed by atoms with Crippen molar-refractivity contribution in [2.75, 3.05) is 26.2 Å². The van der Waals surface area contributed by atoms with Gasteiger partial charge in [0.05, 0.1) is 6.07 Å². The average Bonchev–Trinajstić information content (AvgIpc) is 2.32. The molecule has 3 nitrogen and oxygen atoms in total. The number of hydrogen-bond donors (Lipinski definition) is 1. The number of hydrogen-bond acceptors (Lipinski definition) is 3. The number of nitrogens with one attached hydrogen (secondary N) is 1. The first-order valence-corrected chi connectivity index (χ1v) is 6.50. The molecule has 1 atom stereocenters. The minimum Gasteiger partial charge on any atom is -0.301 e. The van der Waals surface area contributed by atoms with E-state index >= 15 is 0 Å². The highest BCUT2D eigenvalue weighted by Crippen LogP contribution is 2.07. The highest BCUT2D eigenvalue weighted by Gasteiger charge is 2.25. The summed E-state index contributed by atoms with van der Waals surface area (Å²) in [5.74, 6) is 0. The molecule has 94 valence electrons. The minimum absolute atomic E-state index is 0.403. The molecule has 1 unspecified atom stereocenters. The summed E-state index contributed by atoms with van der Waals surface area (Å²) in [5.41, 5.74) is -0.403. The van der Waals surface area contributed by atoms with Gasteiger partial charge >= 0.3 is 0 Å². The lowest BCUT2D eigenvalue weighted by Crippen LogP contribution is -2.50. The summed E-state index contributed by atoms with van der Waals surface area (Å²) in [6, 6.07) is 2.40. The fraction of sp³-hybridized carbons (Fsp3) is 0.923. The van der Waals surface area contributed by atoms with Crippen LogP contribution in [0.4, 0.5) is 0 Å². The molecule has 0 bridgehead atoms. The Morgan fingerprint density at radius 2 is 1.94 bits per heavy atom. The molecule has 0 aromatic rings. The zero-order chi connectivity index (χ0) is 12.4. The van der Waals surface area contributed by atoms with E-state index < -0.39 is 5.54 Å². The van der Waals surface area contributed by atoms with Gasteiger partial charge in [0.2, 0.25) is 0 Å². The lowest BCUT2D eigenvalue weighted by molar-refractivity contribution is 0.226. The van der Waals surface area contributed by atoms with Gasteiger partial charge in [-0.25, -0.2) is 0 Å². The molecule has 0 fully saturated rings. The Morgan fingerprint density at radius 3 is 2.38 bits per heavy atom. The molecule has 3 heteroatoms. The Kier molecular flexibility index (Phi) is 8.23. The lowest BCUT2D eigenvalue weighted by Gasteiger charge is -2.30. The molecule has 0 aromatic carbocycles. The third-order valence-corrected chi connectivity index (χ3v) is 2.83. The second-order valence-corrected chi connectivity index (χ2v) is 4.59. The normalized spacial score (nSPS) is 14.8. The Morgan fingerprint density at radius 1 is 1.25 bits per heavy atom. The van der Waals surface area contributed by atoms with Gasteiger partial charge in [0, 0.05) is 6.54 Å². The first kappa shape index (κ1) is 15.4. The van der Waals surface area contributed by atoms with Crippen LogP contribution in [0.2, 0.25) is 0 Å². The Bertz CT molecular complexity index is 210. The predicted octanol–water partition coefficient (Wildman–Crippen LogP) is 2.39. The fourth-order valence-electron chi connectivity index (χ4n) is 1.71. The van der Waals surface area contributed by atoms with E-state index in [1.165, 1.54) is 12.8 Å². The van der Waals surface area contributed by atoms with Gasteiger partial charge in [0.1, 0.15) is 5.54 Å². The van der Waals surface area contributed by atoms with Gasteiger partial charge in [-0.1, -0.05) is 27.2 Å². The van der Waals surface area contributed by atoms with Crippen molar-refractivity contribution in [3.05, 3.63) is 0 Å². The first-order chi connectivity index (χ1) is 7.61. The van der Waals surface area contributed by atoms with E-state index in [4.69, 9.17) is 0 Å². The van der Waals surface area contributed by atoms with Crippen LogP contribution < -0.4 is 5.32 Å². The summed E-state index contributed by atoms with van der Waals surface area (Å²) in [6.07, 6.45) is 3.49. The van der Waals surface area contributed by atoms with Crippen molar-refractivity contribution in [1.29, 1.82) is 5.26 Å². The Labute approximate surface area is 101 Å². The van der Waals surface area contributed by atoms with Crippen LogP contribution in [0.3, 0.4) is 0 Å². The van der Waals surface area contributed by atoms with Crippen molar-refractivity contribution >= 4 is 0 Å². The molecule has 0 aliphatic heterocycles. The number of rotatable bonds is 9. The molecule has 0 saturated heterocycles. The van der Waals surface area contributed by atoms with Crippen LogP contribution in [0.1, 0.15) is 47.0 Å². The fourth-order valence-corrected chi connectivity index (χ4v) is 1.71. The lowest BCUT2D eigenvalue weighted by atomic mass is 10.0. The van der Waals surface area contributed by atoms with E-state index in [1.54, 1.807) is 0 Å². The van der Waals surface area contributed by atoms with Crippen molar-refractivity contribution < 1.29 is 0 Å². The highest BCUT2D eigenvalue weighted by atomic mass is 15.2. The van der Waals surface area contributed by atoms with E-state index in [9.17, 15) is 5.26 Å². The Balaban J connectivity index is 4.20. The monoisotopic (exact) mass is 225 g/mol. The van der Waals surface area contributed by atoms with E-state index in [0.717, 1.165) is 32.6 Å². The van der Waals surface area contributed by atoms with Gasteiger partial charge in [-0.3, -0.25) is 5.32 Å². The molecule has 0 saturated carbocycles. The second-order valence-electron chi connectivity index (χ2n) is 4.59. The van der Waals surface area contributed by atoms with Gasteiger partial charge in [-0.15, -0.1) is 0 Å². The molecule has 1 N–H and O–H groups in total. The molecular weight excluding hydrogens is 198 g/mol. The number of nitriles is 1. The predicted molar refractivity (Wildman–Crippen MR) is 69.3 cm³/mol. The van der Waals surface area contributed by atoms with Crippen molar-refractivity contribution in [1.82, 2.24) is 10.2 Å². The van der Waals surface area contributed by atoms with Crippen molar-refractivity contribution in [2.24, 2.45) is 0 Å². The molecule has 0 rings (SSSR count). The average molecular weight is 225 g/mol. The maximum Gasteiger partial charge on any atom is 0.116 e. The topological polar surface area (TPSA) is 39.1 Å². The zero-order valence-corrected chi connectivity index (χ0v) is 11.3. The SMILES string of the molecule is CCCCN(CC)CC(C)(C#N)NCCC. The van der Waals surface area contributed by atoms with Gasteiger partial charge in [-0.05, 0) is 39.4 Å². The zero-order valence-electron chi connectivity index (χ0n) is 11.3. The van der Waals surface area contributed by atoms with E-state index in [0.29, 0.717) is 0 Å². The van der Waals surface area contributed by atoms with Crippen LogP contribution in [0.25, 0.3) is 0 Å². The van der Waals surface area contributed by atoms with Gasteiger partial charge < -0.3 is 4.90 Å². The largest absolute Gasteiger partial charge is 0.301 e. The van der Waals surface area contributed by atoms with E-state index in [1.807, 2.05) is 6.92 Å². The molecule has 0 radical (unpaired) electrons. The molecule has 16 heavy (non-hydrogen) atoms. The molecule has 0 aliphatic rings. The second kappa shape index (κ2) is 8.55. The minimum atomic E-state index is -0.403. The summed E-state index contributed by atoms with van der Waals surface area (Å²) in [7, 11) is 0. The molecule has 0 heterocycles. The summed E-state index contributed by atoms with van der Waals surface area (Å²) in [4.78, 5) is 2.36. The third kappa shape index (κ3) is 6.09. The third-order valence-electron chi connectivity index (χ3n) is 2.83. The van der Waals surface area contributed by atoms with Gasteiger partial charge in [-0.2, -0.15) is 5.26 Å². The van der Waals surface area contributed by atoms with Gasteiger partial charge in [0.25, 0.3) is 0 Å². The molecular formula is C13H27N3. The van der Waals surface area contributed by atoms with E-state index in [2.05, 4.69) is 37.1 Å². The Hall–Kier alpha value is -0.590. The standard InChI is InChI=1S/C13H27N3/c1-5-8-10-16(7-3)12-13(4,11-14)15-9-6-2/h15H,5-10,12H2,1-4H3. The van der Waals surface area contributed by atoms with Crippen molar-refractivity contribution in [3.63, 3.8) is 0 Å². The maximum absolute atomic E-state index is 9.24. The molecule has 0 amide bonds. The van der Waals surface area contributed by atoms with Crippen LogP contribution in [0.15, 0.2) is 0 Å². The van der Waals surface area contributed by atoms with Crippen LogP contribution in [-0.2, 0) is 0 Å². The molecule has 0 spiro atoms. The summed E-state index contributed by atoms with van der Waals surface area (Å²) < 4.78 is 0. The summed E-state index contributed by atoms with van der Waals surface area (Å²) in [5, 5.41) is 12.6. The maximum atomic E-state index is 9.24. The van der Waals surface area contributed by atoms with Gasteiger partial charge in [0.15, 0.2) is 0 Å². The van der Waals surface area contributed by atoms with Crippen LogP contribution in [-0.4, -0.2) is 36.6 Å². The van der Waals surface area contributed by atoms with Crippen molar-refractivity contribution in [3.8, 4) is 6.07 Å². The molecule has 0 aliphatic carbocycles. The summed E-state index contributed by atoms with van der Waals surface area (Å²) >= 11 is 0. The number of unbranched alkanes of at least 4 members (excludes halogenated alkanes) is 1. The van der Waals surface area contributed by atoms with Crippen LogP contribution in [0.5, 0.6) is 0 Å². The van der Waals surface area contributed by atoms with E-state index in [-0.39, 0.29) is 0 Å².